The average Bonchev–Trinajstić information content (AvgIpc) is 3.18. The Hall–Kier alpha value is -5.62. The van der Waals surface area contributed by atoms with Gasteiger partial charge in [0, 0.05) is 64.3 Å². The minimum absolute atomic E-state index is 0.372. The minimum atomic E-state index is -1.55. The number of carbonyl (C=O) groups excluding carboxylic acids is 4. The highest BCUT2D eigenvalue weighted by Crippen LogP contribution is 2.25. The van der Waals surface area contributed by atoms with Crippen molar-refractivity contribution in [2.45, 2.75) is 104 Å². The van der Waals surface area contributed by atoms with E-state index in [1.807, 2.05) is 48.5 Å². The van der Waals surface area contributed by atoms with Crippen LogP contribution in [0.5, 0.6) is 0 Å². The molecule has 0 aliphatic carbocycles. The molecular weight excluding hydrogens is 757 g/mol. The predicted octanol–water partition coefficient (Wildman–Crippen LogP) is 6.62. The minimum Gasteiger partial charge on any atom is -0.382 e. The molecule has 10 heteroatoms. The number of anilines is 1. The Morgan fingerprint density at radius 1 is 0.433 bits per heavy atom. The third kappa shape index (κ3) is 11.8. The first-order chi connectivity index (χ1) is 27.9. The van der Waals surface area contributed by atoms with Gasteiger partial charge in [0.25, 0.3) is 0 Å². The van der Waals surface area contributed by atoms with Crippen molar-refractivity contribution in [1.29, 1.82) is 0 Å². The summed E-state index contributed by atoms with van der Waals surface area (Å²) in [6.45, 7) is 13.3. The quantitative estimate of drug-likeness (QED) is 0.0614. The third-order valence-corrected chi connectivity index (χ3v) is 10.2. The van der Waals surface area contributed by atoms with E-state index in [2.05, 4.69) is 4.90 Å². The molecule has 314 valence electrons. The summed E-state index contributed by atoms with van der Waals surface area (Å²) in [7, 11) is 0. The largest absolute Gasteiger partial charge is 0.382 e. The van der Waals surface area contributed by atoms with Crippen molar-refractivity contribution in [2.24, 2.45) is 0 Å². The first-order valence-electron chi connectivity index (χ1n) is 20.0. The van der Waals surface area contributed by atoms with Crippen LogP contribution in [0.2, 0.25) is 0 Å². The van der Waals surface area contributed by atoms with Gasteiger partial charge >= 0.3 is 0 Å². The van der Waals surface area contributed by atoms with Crippen molar-refractivity contribution in [1.82, 2.24) is 0 Å². The van der Waals surface area contributed by atoms with Crippen LogP contribution in [-0.2, 0) is 26.2 Å². The zero-order chi connectivity index (χ0) is 44.2. The lowest BCUT2D eigenvalue weighted by molar-refractivity contribution is -0.862. The van der Waals surface area contributed by atoms with Crippen LogP contribution in [-0.4, -0.2) is 66.0 Å². The van der Waals surface area contributed by atoms with Gasteiger partial charge in [0.2, 0.25) is 0 Å². The molecule has 5 aromatic carbocycles. The Balaban J connectivity index is 1.54. The molecule has 0 aliphatic heterocycles. The maximum absolute atomic E-state index is 13.0. The molecule has 0 atom stereocenters. The second kappa shape index (κ2) is 17.9. The van der Waals surface area contributed by atoms with Crippen molar-refractivity contribution in [2.75, 3.05) is 4.90 Å². The van der Waals surface area contributed by atoms with E-state index in [1.54, 1.807) is 72.8 Å². The molecule has 0 aliphatic rings. The monoisotopic (exact) mass is 813 g/mol. The lowest BCUT2D eigenvalue weighted by atomic mass is 9.95. The van der Waals surface area contributed by atoms with E-state index in [0.29, 0.717) is 48.4 Å². The zero-order valence-electron chi connectivity index (χ0n) is 35.7. The van der Waals surface area contributed by atoms with Gasteiger partial charge in [-0.25, -0.2) is 0 Å². The van der Waals surface area contributed by atoms with Crippen LogP contribution in [0.1, 0.15) is 119 Å². The number of rotatable bonds is 18. The van der Waals surface area contributed by atoms with Crippen LogP contribution in [0.4, 0.5) is 11.4 Å². The fraction of sp³-hybridized carbons (Fsp3) is 0.320. The lowest BCUT2D eigenvalue weighted by Gasteiger charge is -2.27. The molecule has 5 rings (SSSR count). The molecule has 0 saturated heterocycles. The number of carbonyl (C=O) groups is 4. The molecule has 0 radical (unpaired) electrons. The van der Waals surface area contributed by atoms with Crippen LogP contribution >= 0.6 is 0 Å². The maximum atomic E-state index is 13.0. The lowest BCUT2D eigenvalue weighted by Crippen LogP contribution is -3.04. The molecule has 0 aromatic heterocycles. The van der Waals surface area contributed by atoms with Gasteiger partial charge in [-0.1, -0.05) is 72.8 Å². The van der Waals surface area contributed by atoms with Crippen molar-refractivity contribution in [3.05, 3.63) is 166 Å². The van der Waals surface area contributed by atoms with E-state index in [9.17, 15) is 39.6 Å². The summed E-state index contributed by atoms with van der Waals surface area (Å²) in [5, 5.41) is 41.8. The van der Waals surface area contributed by atoms with E-state index in [0.717, 1.165) is 38.5 Å². The predicted molar refractivity (Wildman–Crippen MR) is 233 cm³/mol. The van der Waals surface area contributed by atoms with Crippen molar-refractivity contribution in [3.63, 3.8) is 0 Å². The van der Waals surface area contributed by atoms with Crippen molar-refractivity contribution < 1.29 is 44.5 Å². The molecule has 10 nitrogen and oxygen atoms in total. The number of hydrogen-bond donors (Lipinski definition) is 5. The number of quaternary nitrogens is 1. The van der Waals surface area contributed by atoms with Crippen LogP contribution in [0, 0.1) is 0 Å². The normalized spacial score (nSPS) is 12.3. The Morgan fingerprint density at radius 3 is 1.02 bits per heavy atom. The highest BCUT2D eigenvalue weighted by molar-refractivity contribution is 6.03. The van der Waals surface area contributed by atoms with Gasteiger partial charge in [0.05, 0.1) is 0 Å². The molecular formula is C50H57N2O8+. The Morgan fingerprint density at radius 2 is 0.717 bits per heavy atom. The summed E-state index contributed by atoms with van der Waals surface area (Å²) in [5.41, 5.74) is 0.487. The van der Waals surface area contributed by atoms with Crippen LogP contribution in [0.3, 0.4) is 0 Å². The number of ketones is 4. The molecule has 0 saturated carbocycles. The van der Waals surface area contributed by atoms with Crippen molar-refractivity contribution >= 4 is 34.5 Å². The van der Waals surface area contributed by atoms with Gasteiger partial charge in [-0.2, -0.15) is 0 Å². The van der Waals surface area contributed by atoms with Gasteiger partial charge in [-0.05, 0) is 103 Å². The summed E-state index contributed by atoms with van der Waals surface area (Å²) in [6.07, 6.45) is 0. The van der Waals surface area contributed by atoms with Crippen LogP contribution < -0.4 is 9.80 Å². The van der Waals surface area contributed by atoms with Gasteiger partial charge in [0.1, 0.15) is 41.2 Å². The second-order valence-corrected chi connectivity index (χ2v) is 17.7. The summed E-state index contributed by atoms with van der Waals surface area (Å²) < 4.78 is 0. The first-order valence-corrected chi connectivity index (χ1v) is 20.0. The van der Waals surface area contributed by atoms with E-state index < -0.39 is 45.5 Å². The summed E-state index contributed by atoms with van der Waals surface area (Å²) >= 11 is 0. The van der Waals surface area contributed by atoms with E-state index in [1.165, 1.54) is 55.4 Å². The number of benzene rings is 5. The Bertz CT molecular complexity index is 2050. The molecule has 5 N–H and O–H groups in total. The summed E-state index contributed by atoms with van der Waals surface area (Å²) in [6, 6.07) is 36.7. The van der Waals surface area contributed by atoms with E-state index >= 15 is 0 Å². The standard InChI is InChI=1S/C50H56N2O8/c1-47(2,57)43(53)37-17-9-13-33(25-37)29-51(30-34-14-10-18-38(26-34)44(54)48(3,4)58)41-21-23-42(24-22-41)52(31-35-15-11-19-39(27-35)45(55)49(5,6)59)32-36-16-12-20-40(28-36)46(56)50(7,8)60/h9-28,57-60H,29-32H2,1-8H3/p+1. The Kier molecular flexibility index (Phi) is 13.6. The van der Waals surface area contributed by atoms with Crippen LogP contribution in [0.15, 0.2) is 121 Å². The number of nitrogens with zero attached hydrogens (tertiary/aromatic N) is 1. The zero-order valence-corrected chi connectivity index (χ0v) is 35.7. The average molecular weight is 814 g/mol. The van der Waals surface area contributed by atoms with Gasteiger partial charge < -0.3 is 25.3 Å². The molecule has 60 heavy (non-hydrogen) atoms. The first kappa shape index (κ1) is 45.5. The highest BCUT2D eigenvalue weighted by atomic mass is 16.3. The Labute approximate surface area is 352 Å². The highest BCUT2D eigenvalue weighted by Gasteiger charge is 2.29. The number of aliphatic hydroxyl groups is 4. The third-order valence-electron chi connectivity index (χ3n) is 10.2. The van der Waals surface area contributed by atoms with E-state index in [-0.39, 0.29) is 0 Å². The van der Waals surface area contributed by atoms with Gasteiger partial charge in [0.15, 0.2) is 23.1 Å². The number of Topliss-reactive ketones (excluding diaryl/α,β-unsaturated/α-hetero) is 4. The molecule has 0 amide bonds. The topological polar surface area (TPSA) is 157 Å². The smallest absolute Gasteiger partial charge is 0.193 e. The molecule has 0 heterocycles. The summed E-state index contributed by atoms with van der Waals surface area (Å²) in [5.74, 6) is -1.58. The molecule has 0 spiro atoms. The van der Waals surface area contributed by atoms with Crippen molar-refractivity contribution in [3.8, 4) is 0 Å². The molecule has 5 aromatic rings. The number of hydrogen-bond acceptors (Lipinski definition) is 9. The van der Waals surface area contributed by atoms with Gasteiger partial charge in [-0.15, -0.1) is 0 Å². The fourth-order valence-corrected chi connectivity index (χ4v) is 7.03. The SMILES string of the molecule is CC(C)(O)C(=O)c1cccc(CN(Cc2cccc(C(=O)C(C)(C)O)c2)c2ccc([NH+](Cc3cccc(C(=O)C(C)(C)O)c3)Cc3cccc(C(=O)C(C)(C)O)c3)cc2)c1. The maximum Gasteiger partial charge on any atom is 0.193 e. The second-order valence-electron chi connectivity index (χ2n) is 17.7. The fourth-order valence-electron chi connectivity index (χ4n) is 7.03. The molecule has 0 bridgehead atoms. The molecule has 0 unspecified atom stereocenters. The van der Waals surface area contributed by atoms with E-state index in [4.69, 9.17) is 0 Å². The molecule has 0 fully saturated rings. The van der Waals surface area contributed by atoms with Crippen LogP contribution in [0.25, 0.3) is 0 Å². The summed E-state index contributed by atoms with van der Waals surface area (Å²) in [4.78, 5) is 55.2. The van der Waals surface area contributed by atoms with Gasteiger partial charge in [-0.3, -0.25) is 24.1 Å². The number of nitrogens with one attached hydrogen (secondary N) is 1.